The van der Waals surface area contributed by atoms with Crippen molar-refractivity contribution in [1.29, 1.82) is 0 Å². The zero-order valence-electron chi connectivity index (χ0n) is 11.7. The topological polar surface area (TPSA) is 62.6 Å². The highest BCUT2D eigenvalue weighted by Gasteiger charge is 2.37. The molecule has 2 heterocycles. The smallest absolute Gasteiger partial charge is 0.276 e. The van der Waals surface area contributed by atoms with Crippen LogP contribution in [0.2, 0.25) is 0 Å². The fraction of sp³-hybridized carbons (Fsp3) is 0.692. The maximum Gasteiger partial charge on any atom is 0.276 e. The molecule has 0 saturated carbocycles. The average molecular weight is 286 g/mol. The van der Waals surface area contributed by atoms with Crippen LogP contribution in [0.25, 0.3) is 0 Å². The molecule has 2 rings (SSSR count). The van der Waals surface area contributed by atoms with Crippen LogP contribution in [0.5, 0.6) is 0 Å². The number of nitrogens with zero attached hydrogens (tertiary/aromatic N) is 1. The summed E-state index contributed by atoms with van der Waals surface area (Å²) >= 11 is 0. The van der Waals surface area contributed by atoms with Gasteiger partial charge < -0.3 is 9.73 Å². The number of rotatable bonds is 5. The van der Waals surface area contributed by atoms with Crippen molar-refractivity contribution in [2.24, 2.45) is 5.92 Å². The van der Waals surface area contributed by atoms with Gasteiger partial charge in [-0.3, -0.25) is 0 Å². The Bertz CT molecular complexity index is 524. The highest BCUT2D eigenvalue weighted by molar-refractivity contribution is 7.89. The average Bonchev–Trinajstić information content (AvgIpc) is 2.93. The second-order valence-electron chi connectivity index (χ2n) is 5.27. The third-order valence-corrected chi connectivity index (χ3v) is 5.33. The molecule has 1 saturated heterocycles. The number of nitrogens with one attached hydrogen (secondary N) is 1. The standard InChI is InChI=1S/C13H22N2O3S/c1-4-14-8-12-5-6-13(18-12)19(16,17)15-9-10(2)7-11(15)3/h5-6,10-11,14H,4,7-9H2,1-3H3. The molecule has 0 spiro atoms. The predicted molar refractivity (Wildman–Crippen MR) is 73.2 cm³/mol. The van der Waals surface area contributed by atoms with E-state index in [-0.39, 0.29) is 11.1 Å². The van der Waals surface area contributed by atoms with Crippen LogP contribution in [0.4, 0.5) is 0 Å². The maximum absolute atomic E-state index is 12.5. The van der Waals surface area contributed by atoms with Crippen molar-refractivity contribution in [2.45, 2.75) is 44.9 Å². The molecule has 1 N–H and O–H groups in total. The Kier molecular flexibility index (Phi) is 4.32. The molecule has 1 aromatic rings. The quantitative estimate of drug-likeness (QED) is 0.896. The Morgan fingerprint density at radius 2 is 2.16 bits per heavy atom. The summed E-state index contributed by atoms with van der Waals surface area (Å²) in [5.41, 5.74) is 0. The zero-order chi connectivity index (χ0) is 14.0. The molecule has 0 bridgehead atoms. The van der Waals surface area contributed by atoms with Crippen molar-refractivity contribution in [3.63, 3.8) is 0 Å². The van der Waals surface area contributed by atoms with Crippen molar-refractivity contribution in [3.05, 3.63) is 17.9 Å². The fourth-order valence-corrected chi connectivity index (χ4v) is 4.25. The first-order valence-corrected chi connectivity index (χ1v) is 8.20. The van der Waals surface area contributed by atoms with E-state index in [0.29, 0.717) is 24.8 Å². The third kappa shape index (κ3) is 3.01. The Hall–Kier alpha value is -0.850. The van der Waals surface area contributed by atoms with Gasteiger partial charge in [0.25, 0.3) is 10.0 Å². The van der Waals surface area contributed by atoms with Gasteiger partial charge in [-0.2, -0.15) is 4.31 Å². The first-order valence-electron chi connectivity index (χ1n) is 6.76. The largest absolute Gasteiger partial charge is 0.447 e. The monoisotopic (exact) mass is 286 g/mol. The Morgan fingerprint density at radius 1 is 1.42 bits per heavy atom. The van der Waals surface area contributed by atoms with E-state index < -0.39 is 10.0 Å². The molecule has 19 heavy (non-hydrogen) atoms. The van der Waals surface area contributed by atoms with Crippen LogP contribution in [0.15, 0.2) is 21.6 Å². The number of hydrogen-bond acceptors (Lipinski definition) is 4. The minimum Gasteiger partial charge on any atom is -0.447 e. The highest BCUT2D eigenvalue weighted by Crippen LogP contribution is 2.29. The lowest BCUT2D eigenvalue weighted by molar-refractivity contribution is 0.359. The van der Waals surface area contributed by atoms with Crippen LogP contribution in [0.1, 0.15) is 33.0 Å². The SMILES string of the molecule is CCNCc1ccc(S(=O)(=O)N2CC(C)CC2C)o1. The Labute approximate surface area is 115 Å². The van der Waals surface area contributed by atoms with Crippen molar-refractivity contribution < 1.29 is 12.8 Å². The first kappa shape index (κ1) is 14.6. The van der Waals surface area contributed by atoms with Crippen molar-refractivity contribution >= 4 is 10.0 Å². The number of hydrogen-bond donors (Lipinski definition) is 1. The highest BCUT2D eigenvalue weighted by atomic mass is 32.2. The van der Waals surface area contributed by atoms with E-state index in [4.69, 9.17) is 4.42 Å². The summed E-state index contributed by atoms with van der Waals surface area (Å²) in [6, 6.07) is 3.32. The van der Waals surface area contributed by atoms with Gasteiger partial charge in [0.2, 0.25) is 5.09 Å². The molecule has 6 heteroatoms. The molecule has 1 aromatic heterocycles. The van der Waals surface area contributed by atoms with Crippen LogP contribution in [-0.2, 0) is 16.6 Å². The van der Waals surface area contributed by atoms with Gasteiger partial charge in [-0.05, 0) is 37.9 Å². The molecule has 0 aromatic carbocycles. The van der Waals surface area contributed by atoms with Gasteiger partial charge in [0.1, 0.15) is 5.76 Å². The van der Waals surface area contributed by atoms with Gasteiger partial charge in [-0.15, -0.1) is 0 Å². The van der Waals surface area contributed by atoms with E-state index in [9.17, 15) is 8.42 Å². The van der Waals surface area contributed by atoms with Crippen molar-refractivity contribution in [3.8, 4) is 0 Å². The normalized spacial score (nSPS) is 25.0. The van der Waals surface area contributed by atoms with Crippen LogP contribution >= 0.6 is 0 Å². The summed E-state index contributed by atoms with van der Waals surface area (Å²) in [5, 5.41) is 3.17. The van der Waals surface area contributed by atoms with Gasteiger partial charge in [0.05, 0.1) is 6.54 Å². The van der Waals surface area contributed by atoms with E-state index in [1.807, 2.05) is 13.8 Å². The van der Waals surface area contributed by atoms with Crippen molar-refractivity contribution in [1.82, 2.24) is 9.62 Å². The Balaban J connectivity index is 2.17. The molecule has 2 unspecified atom stereocenters. The van der Waals surface area contributed by atoms with Gasteiger partial charge in [-0.1, -0.05) is 13.8 Å². The second kappa shape index (κ2) is 5.64. The fourth-order valence-electron chi connectivity index (χ4n) is 2.55. The summed E-state index contributed by atoms with van der Waals surface area (Å²) in [6.45, 7) is 7.97. The summed E-state index contributed by atoms with van der Waals surface area (Å²) < 4.78 is 32.0. The van der Waals surface area contributed by atoms with Gasteiger partial charge >= 0.3 is 0 Å². The van der Waals surface area contributed by atoms with Gasteiger partial charge in [0, 0.05) is 12.6 Å². The molecule has 1 fully saturated rings. The predicted octanol–water partition coefficient (Wildman–Crippen LogP) is 1.81. The first-order chi connectivity index (χ1) is 8.95. The summed E-state index contributed by atoms with van der Waals surface area (Å²) in [6.07, 6.45) is 0.907. The zero-order valence-corrected chi connectivity index (χ0v) is 12.5. The van der Waals surface area contributed by atoms with E-state index in [1.54, 1.807) is 16.4 Å². The van der Waals surface area contributed by atoms with Gasteiger partial charge in [-0.25, -0.2) is 8.42 Å². The minimum atomic E-state index is -3.49. The number of furan rings is 1. The summed E-state index contributed by atoms with van der Waals surface area (Å²) in [4.78, 5) is 0. The van der Waals surface area contributed by atoms with Crippen molar-refractivity contribution in [2.75, 3.05) is 13.1 Å². The molecule has 0 radical (unpaired) electrons. The van der Waals surface area contributed by atoms with Crippen LogP contribution in [-0.4, -0.2) is 31.9 Å². The van der Waals surface area contributed by atoms with Crippen LogP contribution < -0.4 is 5.32 Å². The molecule has 5 nitrogen and oxygen atoms in total. The molecular formula is C13H22N2O3S. The Morgan fingerprint density at radius 3 is 2.74 bits per heavy atom. The summed E-state index contributed by atoms with van der Waals surface area (Å²) in [7, 11) is -3.49. The minimum absolute atomic E-state index is 0.0438. The lowest BCUT2D eigenvalue weighted by Crippen LogP contribution is -2.33. The lowest BCUT2D eigenvalue weighted by atomic mass is 10.1. The molecule has 1 aliphatic heterocycles. The second-order valence-corrected chi connectivity index (χ2v) is 7.09. The molecule has 108 valence electrons. The molecule has 0 amide bonds. The van der Waals surface area contributed by atoms with E-state index in [0.717, 1.165) is 13.0 Å². The lowest BCUT2D eigenvalue weighted by Gasteiger charge is -2.19. The van der Waals surface area contributed by atoms with E-state index in [2.05, 4.69) is 12.2 Å². The van der Waals surface area contributed by atoms with Gasteiger partial charge in [0.15, 0.2) is 0 Å². The summed E-state index contributed by atoms with van der Waals surface area (Å²) in [5.74, 6) is 1.06. The van der Waals surface area contributed by atoms with E-state index in [1.165, 1.54) is 0 Å². The molecule has 2 atom stereocenters. The van der Waals surface area contributed by atoms with E-state index >= 15 is 0 Å². The molecule has 0 aliphatic carbocycles. The molecular weight excluding hydrogens is 264 g/mol. The maximum atomic E-state index is 12.5. The van der Waals surface area contributed by atoms with Crippen LogP contribution in [0.3, 0.4) is 0 Å². The molecule has 1 aliphatic rings. The number of sulfonamides is 1. The van der Waals surface area contributed by atoms with Crippen LogP contribution in [0, 0.1) is 5.92 Å². The third-order valence-electron chi connectivity index (χ3n) is 3.48.